The Hall–Kier alpha value is -6.66. The van der Waals surface area contributed by atoms with Crippen LogP contribution in [0.1, 0.15) is 59.5 Å². The maximum atomic E-state index is 15.1. The van der Waals surface area contributed by atoms with Crippen LogP contribution in [-0.4, -0.2) is 63.2 Å². The summed E-state index contributed by atoms with van der Waals surface area (Å²) >= 11 is 0. The van der Waals surface area contributed by atoms with Gasteiger partial charge in [0.25, 0.3) is 5.91 Å². The van der Waals surface area contributed by atoms with Gasteiger partial charge >= 0.3 is 5.97 Å². The van der Waals surface area contributed by atoms with Gasteiger partial charge in [0.1, 0.15) is 35.4 Å². The van der Waals surface area contributed by atoms with E-state index in [1.54, 1.807) is 49.4 Å². The molecule has 0 saturated heterocycles. The molecule has 6 aromatic carbocycles. The second-order valence-corrected chi connectivity index (χ2v) is 15.6. The smallest absolute Gasteiger partial charge is 0.331 e. The molecule has 0 heterocycles. The summed E-state index contributed by atoms with van der Waals surface area (Å²) in [5, 5.41) is 0. The zero-order valence-electron chi connectivity index (χ0n) is 36.4. The number of carbonyl (C=O) groups excluding carboxylic acids is 3. The molecule has 1 aliphatic carbocycles. The van der Waals surface area contributed by atoms with E-state index in [2.05, 4.69) is 35.1 Å². The number of para-hydroxylation sites is 1. The van der Waals surface area contributed by atoms with Crippen LogP contribution >= 0.6 is 12.4 Å². The number of nitrogens with zero attached hydrogens (tertiary/aromatic N) is 1. The van der Waals surface area contributed by atoms with Crippen LogP contribution in [0.15, 0.2) is 158 Å². The number of benzene rings is 6. The Kier molecular flexibility index (Phi) is 15.8. The zero-order valence-corrected chi connectivity index (χ0v) is 37.3. The van der Waals surface area contributed by atoms with Gasteiger partial charge in [-0.25, -0.2) is 10.2 Å². The first kappa shape index (κ1) is 46.8. The average molecular weight is 883 g/mol. The maximum absolute atomic E-state index is 15.1. The lowest BCUT2D eigenvalue weighted by Crippen LogP contribution is -2.58. The highest BCUT2D eigenvalue weighted by molar-refractivity contribution is 5.87. The molecule has 2 amide bonds. The van der Waals surface area contributed by atoms with Gasteiger partial charge < -0.3 is 29.6 Å². The summed E-state index contributed by atoms with van der Waals surface area (Å²) in [6, 6.07) is 48.2. The predicted molar refractivity (Wildman–Crippen MR) is 250 cm³/mol. The first-order valence-corrected chi connectivity index (χ1v) is 21.1. The van der Waals surface area contributed by atoms with Gasteiger partial charge in [-0.3, -0.25) is 15.0 Å². The van der Waals surface area contributed by atoms with Crippen molar-refractivity contribution in [3.63, 3.8) is 0 Å². The van der Waals surface area contributed by atoms with Crippen molar-refractivity contribution in [2.75, 3.05) is 34.5 Å². The third-order valence-electron chi connectivity index (χ3n) is 12.0. The van der Waals surface area contributed by atoms with Gasteiger partial charge in [-0.05, 0) is 70.0 Å². The van der Waals surface area contributed by atoms with Gasteiger partial charge in [0.2, 0.25) is 5.91 Å². The molecule has 2 unspecified atom stereocenters. The molecule has 3 atom stereocenters. The van der Waals surface area contributed by atoms with E-state index in [1.165, 1.54) is 7.11 Å². The molecule has 12 heteroatoms. The quantitative estimate of drug-likeness (QED) is 0.0541. The number of hydrogen-bond donors (Lipinski definition) is 3. The predicted octanol–water partition coefficient (Wildman–Crippen LogP) is 8.37. The van der Waals surface area contributed by atoms with Crippen LogP contribution in [0, 0.1) is 5.92 Å². The highest BCUT2D eigenvalue weighted by Crippen LogP contribution is 2.46. The topological polar surface area (TPSA) is 141 Å². The number of rotatable bonds is 19. The van der Waals surface area contributed by atoms with Gasteiger partial charge in [0.15, 0.2) is 6.61 Å². The van der Waals surface area contributed by atoms with E-state index in [0.717, 1.165) is 33.4 Å². The molecular formula is C52H55ClN4O7. The fraction of sp³-hybridized carbons (Fsp3) is 0.250. The molecule has 0 aliphatic heterocycles. The number of likely N-dealkylation sites (N-methyl/N-ethyl adjacent to an activating group) is 1. The van der Waals surface area contributed by atoms with E-state index in [4.69, 9.17) is 24.7 Å². The molecule has 6 aromatic rings. The molecule has 1 aliphatic rings. The van der Waals surface area contributed by atoms with Gasteiger partial charge in [-0.15, -0.1) is 12.4 Å². The molecule has 0 aromatic heterocycles. The van der Waals surface area contributed by atoms with E-state index in [9.17, 15) is 4.79 Å². The largest absolute Gasteiger partial charge is 0.497 e. The average Bonchev–Trinajstić information content (AvgIpc) is 3.66. The lowest BCUT2D eigenvalue weighted by molar-refractivity contribution is -0.154. The van der Waals surface area contributed by atoms with Crippen LogP contribution in [0.3, 0.4) is 0 Å². The number of amides is 2. The number of halogens is 1. The Morgan fingerprint density at radius 1 is 0.719 bits per heavy atom. The highest BCUT2D eigenvalue weighted by atomic mass is 35.5. The highest BCUT2D eigenvalue weighted by Gasteiger charge is 2.49. The molecular weight excluding hydrogens is 828 g/mol. The van der Waals surface area contributed by atoms with Gasteiger partial charge in [0, 0.05) is 24.6 Å². The Labute approximate surface area is 381 Å². The number of hydrazine groups is 1. The van der Waals surface area contributed by atoms with E-state index in [-0.39, 0.29) is 43.9 Å². The second kappa shape index (κ2) is 21.6. The van der Waals surface area contributed by atoms with Crippen LogP contribution < -0.4 is 30.8 Å². The van der Waals surface area contributed by atoms with E-state index in [1.807, 2.05) is 110 Å². The monoisotopic (exact) mass is 882 g/mol. The minimum atomic E-state index is -1.86. The van der Waals surface area contributed by atoms with Crippen molar-refractivity contribution in [3.05, 3.63) is 186 Å². The van der Waals surface area contributed by atoms with E-state index < -0.39 is 35.4 Å². The van der Waals surface area contributed by atoms with E-state index in [0.29, 0.717) is 29.2 Å². The minimum Gasteiger partial charge on any atom is -0.497 e. The molecule has 11 nitrogen and oxygen atoms in total. The fourth-order valence-corrected chi connectivity index (χ4v) is 8.69. The van der Waals surface area contributed by atoms with Gasteiger partial charge in [-0.2, -0.15) is 0 Å². The van der Waals surface area contributed by atoms with Gasteiger partial charge in [-0.1, -0.05) is 141 Å². The number of nitrogens with one attached hydrogen (secondary N) is 2. The van der Waals surface area contributed by atoms with Crippen molar-refractivity contribution in [1.82, 2.24) is 15.8 Å². The standard InChI is InChI=1S/C52H54N4O7.ClH/c1-5-37(52(53,45-30-29-39(60-3)32-47(45)61-4)51(59)63-33-44-42-27-17-15-25-40(42)41-26-16-18-28-43(41)44)31-46(54-55-48(57)34-62-38-23-13-8-14-24-38)50(58)56(2)49(35-19-9-6-10-20-35)36-21-11-7-12-22-36;/h6-30,32,37,44,46,49,54H,5,31,33-34,53H2,1-4H3,(H,55,57);1H/t37?,46-,52?;/m0./s1. The number of fused-ring (bicyclic) bond motifs is 3. The Morgan fingerprint density at radius 2 is 1.27 bits per heavy atom. The molecule has 332 valence electrons. The Morgan fingerprint density at radius 3 is 1.81 bits per heavy atom. The Bertz CT molecular complexity index is 2410. The minimum absolute atomic E-state index is 0. The van der Waals surface area contributed by atoms with Crippen LogP contribution in [0.25, 0.3) is 11.1 Å². The van der Waals surface area contributed by atoms with Crippen molar-refractivity contribution in [1.29, 1.82) is 0 Å². The molecule has 0 bridgehead atoms. The molecule has 0 radical (unpaired) electrons. The summed E-state index contributed by atoms with van der Waals surface area (Å²) < 4.78 is 23.5. The number of nitrogens with two attached hydrogens (primary N) is 1. The molecule has 64 heavy (non-hydrogen) atoms. The normalized spacial score (nSPS) is 13.5. The van der Waals surface area contributed by atoms with Crippen molar-refractivity contribution >= 4 is 30.2 Å². The Balaban J connectivity index is 0.00000680. The van der Waals surface area contributed by atoms with Crippen molar-refractivity contribution in [2.45, 2.75) is 43.3 Å². The number of methoxy groups -OCH3 is 2. The van der Waals surface area contributed by atoms with Gasteiger partial charge in [0.05, 0.1) is 20.3 Å². The summed E-state index contributed by atoms with van der Waals surface area (Å²) in [5.74, 6) is -1.20. The van der Waals surface area contributed by atoms with Crippen LogP contribution in [-0.2, 0) is 24.7 Å². The SMILES string of the molecule is CCC(C[C@H](NNC(=O)COc1ccccc1)C(=O)N(C)C(c1ccccc1)c1ccccc1)C(N)(C(=O)OCC1c2ccccc2-c2ccccc21)c1ccc(OC)cc1OC.Cl. The lowest BCUT2D eigenvalue weighted by atomic mass is 9.73. The van der Waals surface area contributed by atoms with Crippen LogP contribution in [0.4, 0.5) is 0 Å². The molecule has 0 saturated carbocycles. The van der Waals surface area contributed by atoms with Crippen molar-refractivity contribution < 1.29 is 33.3 Å². The number of carbonyl (C=O) groups is 3. The number of esters is 1. The van der Waals surface area contributed by atoms with Crippen LogP contribution in [0.2, 0.25) is 0 Å². The summed E-state index contributed by atoms with van der Waals surface area (Å²) in [7, 11) is 4.78. The molecule has 7 rings (SSSR count). The second-order valence-electron chi connectivity index (χ2n) is 15.6. The summed E-state index contributed by atoms with van der Waals surface area (Å²) in [6.07, 6.45) is 0.322. The first-order chi connectivity index (χ1) is 30.7. The van der Waals surface area contributed by atoms with Crippen molar-refractivity contribution in [2.24, 2.45) is 11.7 Å². The number of ether oxygens (including phenoxy) is 4. The molecule has 4 N–H and O–H groups in total. The lowest BCUT2D eigenvalue weighted by Gasteiger charge is -2.39. The molecule has 0 spiro atoms. The van der Waals surface area contributed by atoms with E-state index >= 15 is 9.59 Å². The summed E-state index contributed by atoms with van der Waals surface area (Å²) in [6.45, 7) is 1.62. The molecule has 0 fully saturated rings. The van der Waals surface area contributed by atoms with Crippen molar-refractivity contribution in [3.8, 4) is 28.4 Å². The van der Waals surface area contributed by atoms with Crippen LogP contribution in [0.5, 0.6) is 17.2 Å². The fourth-order valence-electron chi connectivity index (χ4n) is 8.69. The summed E-state index contributed by atoms with van der Waals surface area (Å²) in [5.41, 5.74) is 17.9. The third-order valence-corrected chi connectivity index (χ3v) is 12.0. The number of hydrogen-bond acceptors (Lipinski definition) is 9. The maximum Gasteiger partial charge on any atom is 0.331 e. The zero-order chi connectivity index (χ0) is 44.3. The first-order valence-electron chi connectivity index (χ1n) is 21.1. The summed E-state index contributed by atoms with van der Waals surface area (Å²) in [4.78, 5) is 45.2. The third kappa shape index (κ3) is 10.1.